The van der Waals surface area contributed by atoms with Crippen LogP contribution in [-0.2, 0) is 10.0 Å². The van der Waals surface area contributed by atoms with Crippen LogP contribution in [0, 0.1) is 5.82 Å². The van der Waals surface area contributed by atoms with Crippen LogP contribution in [-0.4, -0.2) is 45.4 Å². The molecule has 2 aromatic rings. The van der Waals surface area contributed by atoms with Crippen molar-refractivity contribution < 1.29 is 40.6 Å². The van der Waals surface area contributed by atoms with Gasteiger partial charge in [-0.3, -0.25) is 4.31 Å². The Hall–Kier alpha value is -3.06. The van der Waals surface area contributed by atoms with Crippen molar-refractivity contribution in [1.29, 1.82) is 0 Å². The fourth-order valence-electron chi connectivity index (χ4n) is 3.31. The number of carbonyl (C=O) groups is 1. The second-order valence-corrected chi connectivity index (χ2v) is 9.64. The quantitative estimate of drug-likeness (QED) is 0.643. The van der Waals surface area contributed by atoms with Gasteiger partial charge in [-0.25, -0.2) is 12.8 Å². The van der Waals surface area contributed by atoms with Gasteiger partial charge in [-0.15, -0.1) is 0 Å². The number of halogens is 4. The maximum Gasteiger partial charge on any atom is 0.411 e. The number of carbonyl (C=O) groups excluding carboxylic acids is 1. The number of nitrogens with zero attached hydrogens (tertiary/aromatic N) is 2. The smallest absolute Gasteiger partial charge is 0.411 e. The Kier molecular flexibility index (Phi) is 6.24. The molecule has 3 rings (SSSR count). The first-order valence-electron chi connectivity index (χ1n) is 9.57. The van der Waals surface area contributed by atoms with Crippen molar-refractivity contribution in [3.05, 3.63) is 48.3 Å². The fraction of sp³-hybridized carbons (Fsp3) is 0.350. The Labute approximate surface area is 187 Å². The standard InChI is InChI=1S/C20H21F4N3O5S/c1-19(2,20(22,23)24)27(18(28)29)13-5-8-17-16(9-13)26(11-14(10-25)32-17)33(30,31)15-6-3-12(21)4-7-15/h3-9,14H,10-11,25H2,1-2H3,(H,28,29)/p-1/t14-/m0/s1. The van der Waals surface area contributed by atoms with E-state index in [9.17, 15) is 35.9 Å². The minimum atomic E-state index is -4.97. The zero-order valence-electron chi connectivity index (χ0n) is 17.5. The SMILES string of the molecule is CC(C)(N(C(=O)[O-])c1ccc2c(c1)N(S(=O)(=O)c1ccc(F)cc1)C[C@H](CN)O2)C(F)(F)F. The van der Waals surface area contributed by atoms with Crippen LogP contribution in [0.5, 0.6) is 5.75 Å². The molecule has 1 amide bonds. The molecule has 1 heterocycles. The van der Waals surface area contributed by atoms with Gasteiger partial charge in [0.2, 0.25) is 0 Å². The van der Waals surface area contributed by atoms with Crippen LogP contribution >= 0.6 is 0 Å². The third-order valence-corrected chi connectivity index (χ3v) is 7.03. The Morgan fingerprint density at radius 2 is 1.82 bits per heavy atom. The molecule has 0 saturated carbocycles. The van der Waals surface area contributed by atoms with Crippen LogP contribution in [0.15, 0.2) is 47.4 Å². The lowest BCUT2D eigenvalue weighted by Crippen LogP contribution is -2.60. The largest absolute Gasteiger partial charge is 0.530 e. The number of nitrogens with two attached hydrogens (primary N) is 1. The van der Waals surface area contributed by atoms with E-state index < -0.39 is 45.4 Å². The van der Waals surface area contributed by atoms with E-state index in [1.54, 1.807) is 0 Å². The van der Waals surface area contributed by atoms with Gasteiger partial charge in [0, 0.05) is 12.2 Å². The van der Waals surface area contributed by atoms with Gasteiger partial charge in [-0.05, 0) is 56.3 Å². The van der Waals surface area contributed by atoms with Gasteiger partial charge >= 0.3 is 6.18 Å². The van der Waals surface area contributed by atoms with E-state index >= 15 is 0 Å². The summed E-state index contributed by atoms with van der Waals surface area (Å²) in [6.45, 7) is 0.913. The van der Waals surface area contributed by atoms with E-state index in [-0.39, 0.29) is 34.3 Å². The molecule has 0 fully saturated rings. The number of anilines is 2. The number of sulfonamides is 1. The zero-order valence-corrected chi connectivity index (χ0v) is 18.3. The third kappa shape index (κ3) is 4.42. The summed E-state index contributed by atoms with van der Waals surface area (Å²) in [5, 5.41) is 11.7. The summed E-state index contributed by atoms with van der Waals surface area (Å²) in [6.07, 6.45) is -7.89. The Morgan fingerprint density at radius 1 is 1.21 bits per heavy atom. The van der Waals surface area contributed by atoms with Crippen LogP contribution in [0.25, 0.3) is 0 Å². The number of hydrogen-bond donors (Lipinski definition) is 1. The maximum atomic E-state index is 13.6. The van der Waals surface area contributed by atoms with Gasteiger partial charge in [0.1, 0.15) is 29.3 Å². The molecule has 0 unspecified atom stereocenters. The zero-order chi connectivity index (χ0) is 24.8. The van der Waals surface area contributed by atoms with E-state index in [1.807, 2.05) is 0 Å². The molecule has 0 radical (unpaired) electrons. The number of rotatable bonds is 5. The van der Waals surface area contributed by atoms with Gasteiger partial charge in [0.05, 0.1) is 17.1 Å². The number of benzene rings is 2. The molecule has 1 atom stereocenters. The first kappa shape index (κ1) is 24.6. The molecule has 0 aliphatic carbocycles. The molecule has 0 aromatic heterocycles. The van der Waals surface area contributed by atoms with Crippen LogP contribution in [0.4, 0.5) is 33.7 Å². The van der Waals surface area contributed by atoms with E-state index in [0.29, 0.717) is 13.8 Å². The summed E-state index contributed by atoms with van der Waals surface area (Å²) in [7, 11) is -4.33. The average molecular weight is 490 g/mol. The molecule has 0 spiro atoms. The minimum Gasteiger partial charge on any atom is -0.530 e. The van der Waals surface area contributed by atoms with E-state index in [0.717, 1.165) is 46.8 Å². The Balaban J connectivity index is 2.17. The number of alkyl halides is 3. The highest BCUT2D eigenvalue weighted by Gasteiger charge is 2.52. The van der Waals surface area contributed by atoms with Crippen LogP contribution in [0.3, 0.4) is 0 Å². The first-order valence-corrected chi connectivity index (χ1v) is 11.0. The van der Waals surface area contributed by atoms with Crippen molar-refractivity contribution in [3.8, 4) is 5.75 Å². The molecule has 1 aliphatic rings. The van der Waals surface area contributed by atoms with Crippen molar-refractivity contribution in [2.24, 2.45) is 5.73 Å². The number of carboxylic acid groups (broad SMARTS) is 1. The van der Waals surface area contributed by atoms with Gasteiger partial charge in [0.25, 0.3) is 10.0 Å². The normalized spacial score (nSPS) is 16.7. The first-order chi connectivity index (χ1) is 15.2. The highest BCUT2D eigenvalue weighted by molar-refractivity contribution is 7.92. The number of amides is 1. The maximum absolute atomic E-state index is 13.6. The van der Waals surface area contributed by atoms with E-state index in [4.69, 9.17) is 10.5 Å². The van der Waals surface area contributed by atoms with Crippen LogP contribution < -0.4 is 24.8 Å². The monoisotopic (exact) mass is 490 g/mol. The third-order valence-electron chi connectivity index (χ3n) is 5.23. The van der Waals surface area contributed by atoms with E-state index in [2.05, 4.69) is 0 Å². The predicted octanol–water partition coefficient (Wildman–Crippen LogP) is 2.23. The van der Waals surface area contributed by atoms with Gasteiger partial charge < -0.3 is 25.3 Å². The highest BCUT2D eigenvalue weighted by Crippen LogP contribution is 2.43. The Bertz CT molecular complexity index is 1150. The lowest BCUT2D eigenvalue weighted by Gasteiger charge is -2.42. The summed E-state index contributed by atoms with van der Waals surface area (Å²) in [4.78, 5) is 11.4. The molecule has 0 saturated heterocycles. The summed E-state index contributed by atoms with van der Waals surface area (Å²) in [5.41, 5.74) is 2.05. The van der Waals surface area contributed by atoms with Gasteiger partial charge in [-0.2, -0.15) is 13.2 Å². The molecule has 33 heavy (non-hydrogen) atoms. The molecule has 180 valence electrons. The second-order valence-electron chi connectivity index (χ2n) is 7.78. The van der Waals surface area contributed by atoms with Gasteiger partial charge in [-0.1, -0.05) is 0 Å². The lowest BCUT2D eigenvalue weighted by molar-refractivity contribution is -0.254. The number of ether oxygens (including phenoxy) is 1. The summed E-state index contributed by atoms with van der Waals surface area (Å²) < 4.78 is 87.0. The van der Waals surface area contributed by atoms with Crippen molar-refractivity contribution in [1.82, 2.24) is 0 Å². The van der Waals surface area contributed by atoms with Gasteiger partial charge in [0.15, 0.2) is 0 Å². The highest BCUT2D eigenvalue weighted by atomic mass is 32.2. The van der Waals surface area contributed by atoms with Crippen molar-refractivity contribution in [3.63, 3.8) is 0 Å². The second kappa shape index (κ2) is 8.37. The molecular formula is C20H20F4N3O5S-. The van der Waals surface area contributed by atoms with E-state index in [1.165, 1.54) is 0 Å². The molecule has 2 N–H and O–H groups in total. The average Bonchev–Trinajstić information content (AvgIpc) is 2.72. The topological polar surface area (TPSA) is 116 Å². The van der Waals surface area contributed by atoms with Crippen molar-refractivity contribution in [2.75, 3.05) is 22.3 Å². The molecule has 8 nitrogen and oxygen atoms in total. The van der Waals surface area contributed by atoms with Crippen molar-refractivity contribution in [2.45, 2.75) is 36.6 Å². The minimum absolute atomic E-state index is 0.00894. The predicted molar refractivity (Wildman–Crippen MR) is 109 cm³/mol. The molecule has 2 aromatic carbocycles. The summed E-state index contributed by atoms with van der Waals surface area (Å²) in [6, 6.07) is 7.09. The molecule has 13 heteroatoms. The molecule has 1 aliphatic heterocycles. The summed E-state index contributed by atoms with van der Waals surface area (Å²) >= 11 is 0. The molecular weight excluding hydrogens is 470 g/mol. The van der Waals surface area contributed by atoms with Crippen molar-refractivity contribution >= 4 is 27.5 Å². The fourth-order valence-corrected chi connectivity index (χ4v) is 4.81. The Morgan fingerprint density at radius 3 is 2.33 bits per heavy atom. The number of hydrogen-bond acceptors (Lipinski definition) is 6. The lowest BCUT2D eigenvalue weighted by atomic mass is 10.0. The molecule has 0 bridgehead atoms. The number of fused-ring (bicyclic) bond motifs is 1. The van der Waals surface area contributed by atoms with Crippen LogP contribution in [0.2, 0.25) is 0 Å². The van der Waals surface area contributed by atoms with Crippen LogP contribution in [0.1, 0.15) is 13.8 Å². The summed E-state index contributed by atoms with van der Waals surface area (Å²) in [5.74, 6) is -0.702.